The van der Waals surface area contributed by atoms with E-state index in [1.807, 2.05) is 65.4 Å². The molecule has 186 valence electrons. The Labute approximate surface area is 209 Å². The Morgan fingerprint density at radius 2 is 1.74 bits per heavy atom. The van der Waals surface area contributed by atoms with Crippen LogP contribution in [0.1, 0.15) is 26.3 Å². The first-order valence-corrected chi connectivity index (χ1v) is 12.4. The zero-order chi connectivity index (χ0) is 25.4. The minimum Gasteiger partial charge on any atom is -0.467 e. The quantitative estimate of drug-likeness (QED) is 0.420. The van der Waals surface area contributed by atoms with E-state index >= 15 is 0 Å². The molecule has 2 N–H and O–H groups in total. The lowest BCUT2D eigenvalue weighted by Gasteiger charge is -2.22. The highest BCUT2D eigenvalue weighted by Gasteiger charge is 2.25. The summed E-state index contributed by atoms with van der Waals surface area (Å²) < 4.78 is 11.9. The summed E-state index contributed by atoms with van der Waals surface area (Å²) in [5, 5.41) is 6.58. The number of carbonyl (C=O) groups is 3. The zero-order valence-electron chi connectivity index (χ0n) is 20.4. The minimum atomic E-state index is -0.817. The molecular formula is C26H31N3O5S. The molecule has 8 nitrogen and oxygen atoms in total. The van der Waals surface area contributed by atoms with Crippen molar-refractivity contribution in [3.05, 3.63) is 66.4 Å². The number of carbonyl (C=O) groups excluding carboxylic acids is 3. The van der Waals surface area contributed by atoms with E-state index in [0.29, 0.717) is 17.2 Å². The second-order valence-electron chi connectivity index (χ2n) is 8.98. The number of nitrogens with zero attached hydrogens (tertiary/aromatic N) is 1. The van der Waals surface area contributed by atoms with E-state index in [2.05, 4.69) is 10.6 Å². The van der Waals surface area contributed by atoms with E-state index in [1.165, 1.54) is 18.9 Å². The van der Waals surface area contributed by atoms with Crippen molar-refractivity contribution in [2.45, 2.75) is 44.7 Å². The average molecular weight is 498 g/mol. The highest BCUT2D eigenvalue weighted by Crippen LogP contribution is 2.18. The normalized spacial score (nSPS) is 12.1. The van der Waals surface area contributed by atoms with Gasteiger partial charge in [0.25, 0.3) is 0 Å². The van der Waals surface area contributed by atoms with E-state index in [-0.39, 0.29) is 12.5 Å². The van der Waals surface area contributed by atoms with E-state index < -0.39 is 23.7 Å². The number of hydrogen-bond acceptors (Lipinski definition) is 6. The number of methoxy groups -OCH3 is 1. The Morgan fingerprint density at radius 1 is 1.03 bits per heavy atom. The molecule has 0 radical (unpaired) electrons. The van der Waals surface area contributed by atoms with Gasteiger partial charge in [-0.15, -0.1) is 0 Å². The van der Waals surface area contributed by atoms with Gasteiger partial charge in [0.05, 0.1) is 7.11 Å². The van der Waals surface area contributed by atoms with Crippen molar-refractivity contribution in [1.29, 1.82) is 0 Å². The number of rotatable bonds is 9. The van der Waals surface area contributed by atoms with Crippen molar-refractivity contribution in [3.63, 3.8) is 0 Å². The molecule has 1 atom stereocenters. The van der Waals surface area contributed by atoms with E-state index in [4.69, 9.17) is 9.47 Å². The SMILES string of the molecule is COC(=O)[C@H](CSCc1ccc(NC(=O)Cn2ccc3ccccc32)cc1)NC(=O)OC(C)(C)C. The van der Waals surface area contributed by atoms with Gasteiger partial charge < -0.3 is 24.7 Å². The third-order valence-corrected chi connectivity index (χ3v) is 6.07. The summed E-state index contributed by atoms with van der Waals surface area (Å²) in [6.07, 6.45) is 1.24. The molecule has 0 spiro atoms. The summed E-state index contributed by atoms with van der Waals surface area (Å²) in [5.41, 5.74) is 2.08. The van der Waals surface area contributed by atoms with Crippen LogP contribution in [0, 0.1) is 0 Å². The maximum absolute atomic E-state index is 12.5. The summed E-state index contributed by atoms with van der Waals surface area (Å²) >= 11 is 1.48. The van der Waals surface area contributed by atoms with Gasteiger partial charge in [0.15, 0.2) is 0 Å². The third kappa shape index (κ3) is 8.06. The molecule has 0 fully saturated rings. The number of alkyl carbamates (subject to hydrolysis) is 1. The van der Waals surface area contributed by atoms with E-state index in [1.54, 1.807) is 20.8 Å². The lowest BCUT2D eigenvalue weighted by atomic mass is 10.2. The Hall–Kier alpha value is -3.46. The van der Waals surface area contributed by atoms with Gasteiger partial charge >= 0.3 is 12.1 Å². The van der Waals surface area contributed by atoms with Crippen LogP contribution in [0.5, 0.6) is 0 Å². The van der Waals surface area contributed by atoms with E-state index in [9.17, 15) is 14.4 Å². The molecule has 1 aromatic heterocycles. The highest BCUT2D eigenvalue weighted by atomic mass is 32.2. The van der Waals surface area contributed by atoms with Crippen molar-refractivity contribution in [1.82, 2.24) is 9.88 Å². The molecule has 35 heavy (non-hydrogen) atoms. The van der Waals surface area contributed by atoms with E-state index in [0.717, 1.165) is 16.5 Å². The highest BCUT2D eigenvalue weighted by molar-refractivity contribution is 7.98. The minimum absolute atomic E-state index is 0.109. The zero-order valence-corrected chi connectivity index (χ0v) is 21.2. The number of thioether (sulfide) groups is 1. The summed E-state index contributed by atoms with van der Waals surface area (Å²) in [6, 6.07) is 16.6. The van der Waals surface area contributed by atoms with Crippen LogP contribution in [0.4, 0.5) is 10.5 Å². The van der Waals surface area contributed by atoms with Gasteiger partial charge in [-0.05, 0) is 56.0 Å². The van der Waals surface area contributed by atoms with Crippen LogP contribution in [-0.4, -0.2) is 47.0 Å². The molecule has 2 amide bonds. The fraction of sp³-hybridized carbons (Fsp3) is 0.346. The number of fused-ring (bicyclic) bond motifs is 1. The number of nitrogens with one attached hydrogen (secondary N) is 2. The lowest BCUT2D eigenvalue weighted by Crippen LogP contribution is -2.45. The lowest BCUT2D eigenvalue weighted by molar-refractivity contribution is -0.142. The van der Waals surface area contributed by atoms with Crippen LogP contribution in [0.15, 0.2) is 60.8 Å². The topological polar surface area (TPSA) is 98.7 Å². The Balaban J connectivity index is 1.48. The standard InChI is InChI=1S/C26H31N3O5S/c1-26(2,3)34-25(32)28-21(24(31)33-4)17-35-16-18-9-11-20(12-10-18)27-23(30)15-29-14-13-19-7-5-6-8-22(19)29/h5-14,21H,15-17H2,1-4H3,(H,27,30)(H,28,32)/t21-/m0/s1. The fourth-order valence-corrected chi connectivity index (χ4v) is 4.37. The maximum atomic E-state index is 12.5. The van der Waals surface area contributed by atoms with Crippen molar-refractivity contribution < 1.29 is 23.9 Å². The summed E-state index contributed by atoms with van der Waals surface area (Å²) in [6.45, 7) is 5.49. The number of ether oxygens (including phenoxy) is 2. The molecular weight excluding hydrogens is 466 g/mol. The fourth-order valence-electron chi connectivity index (χ4n) is 3.37. The predicted octanol–water partition coefficient (Wildman–Crippen LogP) is 4.58. The van der Waals surface area contributed by atoms with Gasteiger partial charge in [-0.2, -0.15) is 11.8 Å². The van der Waals surface area contributed by atoms with Crippen LogP contribution in [0.3, 0.4) is 0 Å². The van der Waals surface area contributed by atoms with Crippen LogP contribution in [-0.2, 0) is 31.4 Å². The number of hydrogen-bond donors (Lipinski definition) is 2. The molecule has 3 rings (SSSR count). The van der Waals surface area contributed by atoms with Gasteiger partial charge in [0.2, 0.25) is 5.91 Å². The molecule has 0 aliphatic carbocycles. The van der Waals surface area contributed by atoms with Crippen molar-refractivity contribution in [2.24, 2.45) is 0 Å². The first-order chi connectivity index (χ1) is 16.6. The largest absolute Gasteiger partial charge is 0.467 e. The molecule has 1 heterocycles. The predicted molar refractivity (Wildman–Crippen MR) is 138 cm³/mol. The van der Waals surface area contributed by atoms with Crippen molar-refractivity contribution in [2.75, 3.05) is 18.2 Å². The van der Waals surface area contributed by atoms with Crippen molar-refractivity contribution >= 4 is 46.3 Å². The average Bonchev–Trinajstić information content (AvgIpc) is 3.20. The molecule has 0 saturated carbocycles. The van der Waals surface area contributed by atoms with Crippen LogP contribution in [0.25, 0.3) is 10.9 Å². The summed E-state index contributed by atoms with van der Waals surface area (Å²) in [5.74, 6) is 0.307. The first kappa shape index (κ1) is 26.2. The molecule has 9 heteroatoms. The van der Waals surface area contributed by atoms with Gasteiger partial charge in [-0.3, -0.25) is 4.79 Å². The smallest absolute Gasteiger partial charge is 0.408 e. The second kappa shape index (κ2) is 11.8. The number of esters is 1. The van der Waals surface area contributed by atoms with Gasteiger partial charge in [-0.25, -0.2) is 9.59 Å². The summed E-state index contributed by atoms with van der Waals surface area (Å²) in [4.78, 5) is 36.6. The first-order valence-electron chi connectivity index (χ1n) is 11.2. The number of anilines is 1. The number of amides is 2. The van der Waals surface area contributed by atoms with Gasteiger partial charge in [0.1, 0.15) is 18.2 Å². The Morgan fingerprint density at radius 3 is 2.43 bits per heavy atom. The molecule has 0 unspecified atom stereocenters. The Kier molecular flexibility index (Phi) is 8.81. The monoisotopic (exact) mass is 497 g/mol. The second-order valence-corrected chi connectivity index (χ2v) is 10.0. The number of para-hydroxylation sites is 1. The van der Waals surface area contributed by atoms with Crippen LogP contribution < -0.4 is 10.6 Å². The van der Waals surface area contributed by atoms with Crippen LogP contribution in [0.2, 0.25) is 0 Å². The number of benzene rings is 2. The maximum Gasteiger partial charge on any atom is 0.408 e. The molecule has 3 aromatic rings. The Bertz CT molecular complexity index is 1170. The third-order valence-electron chi connectivity index (χ3n) is 4.96. The number of aromatic nitrogens is 1. The molecule has 0 saturated heterocycles. The molecule has 0 aliphatic heterocycles. The van der Waals surface area contributed by atoms with Gasteiger partial charge in [0, 0.05) is 28.9 Å². The van der Waals surface area contributed by atoms with Crippen LogP contribution >= 0.6 is 11.8 Å². The van der Waals surface area contributed by atoms with Crippen molar-refractivity contribution in [3.8, 4) is 0 Å². The molecule has 0 aliphatic rings. The van der Waals surface area contributed by atoms with Gasteiger partial charge in [-0.1, -0.05) is 30.3 Å². The summed E-state index contributed by atoms with van der Waals surface area (Å²) in [7, 11) is 1.28. The molecule has 0 bridgehead atoms. The molecule has 2 aromatic carbocycles.